The Morgan fingerprint density at radius 3 is 1.95 bits per heavy atom. The van der Waals surface area contributed by atoms with Crippen LogP contribution in [0.3, 0.4) is 0 Å². The first-order valence-corrected chi connectivity index (χ1v) is 6.30. The number of rotatable bonds is 3. The molecule has 20 heavy (non-hydrogen) atoms. The van der Waals surface area contributed by atoms with Crippen molar-refractivity contribution in [3.05, 3.63) is 46.5 Å². The summed E-state index contributed by atoms with van der Waals surface area (Å²) < 4.78 is 5.29. The number of benzene rings is 2. The van der Waals surface area contributed by atoms with Crippen LogP contribution in [0.25, 0.3) is 0 Å². The van der Waals surface area contributed by atoms with Crippen molar-refractivity contribution in [2.45, 2.75) is 20.3 Å². The van der Waals surface area contributed by atoms with E-state index in [1.165, 1.54) is 6.07 Å². The molecule has 2 aromatic carbocycles. The molecular formula is C16H18O4. The van der Waals surface area contributed by atoms with Crippen LogP contribution in [0.5, 0.6) is 23.0 Å². The third-order valence-electron chi connectivity index (χ3n) is 3.42. The lowest BCUT2D eigenvalue weighted by molar-refractivity contribution is 0.402. The Balaban J connectivity index is 2.50. The molecule has 0 aromatic heterocycles. The number of ether oxygens (including phenoxy) is 1. The average Bonchev–Trinajstić information content (AvgIpc) is 2.34. The van der Waals surface area contributed by atoms with Crippen LogP contribution in [0.4, 0.5) is 0 Å². The van der Waals surface area contributed by atoms with E-state index in [0.717, 1.165) is 22.3 Å². The Morgan fingerprint density at radius 1 is 0.850 bits per heavy atom. The lowest BCUT2D eigenvalue weighted by Gasteiger charge is -2.15. The number of phenols is 3. The third kappa shape index (κ3) is 2.64. The number of methoxy groups -OCH3 is 1. The standard InChI is InChI=1S/C16H18O4/c1-9-4-11(17)6-15(19)13(9)8-14-10(2)5-12(18)7-16(14)20-3/h4-7,17-19H,8H2,1-3H3. The summed E-state index contributed by atoms with van der Waals surface area (Å²) in [6, 6.07) is 6.14. The maximum absolute atomic E-state index is 9.99. The van der Waals surface area contributed by atoms with Crippen molar-refractivity contribution < 1.29 is 20.1 Å². The van der Waals surface area contributed by atoms with Gasteiger partial charge in [0.05, 0.1) is 7.11 Å². The summed E-state index contributed by atoms with van der Waals surface area (Å²) in [4.78, 5) is 0. The number of phenolic OH excluding ortho intramolecular Hbond substituents is 3. The fraction of sp³-hybridized carbons (Fsp3) is 0.250. The lowest BCUT2D eigenvalue weighted by atomic mass is 9.95. The van der Waals surface area contributed by atoms with Gasteiger partial charge in [-0.3, -0.25) is 0 Å². The van der Waals surface area contributed by atoms with E-state index in [1.807, 2.05) is 13.8 Å². The molecule has 0 fully saturated rings. The van der Waals surface area contributed by atoms with Crippen LogP contribution in [-0.4, -0.2) is 22.4 Å². The van der Waals surface area contributed by atoms with Gasteiger partial charge in [-0.2, -0.15) is 0 Å². The van der Waals surface area contributed by atoms with Gasteiger partial charge in [-0.05, 0) is 37.1 Å². The Labute approximate surface area is 117 Å². The fourth-order valence-electron chi connectivity index (χ4n) is 2.36. The molecule has 0 unspecified atom stereocenters. The van der Waals surface area contributed by atoms with Crippen LogP contribution < -0.4 is 4.74 Å². The summed E-state index contributed by atoms with van der Waals surface area (Å²) in [5.74, 6) is 0.819. The van der Waals surface area contributed by atoms with Gasteiger partial charge in [0.1, 0.15) is 23.0 Å². The minimum Gasteiger partial charge on any atom is -0.508 e. The van der Waals surface area contributed by atoms with Crippen LogP contribution in [-0.2, 0) is 6.42 Å². The molecule has 0 atom stereocenters. The van der Waals surface area contributed by atoms with Crippen molar-refractivity contribution in [2.75, 3.05) is 7.11 Å². The SMILES string of the molecule is COc1cc(O)cc(C)c1Cc1c(C)cc(O)cc1O. The van der Waals surface area contributed by atoms with Gasteiger partial charge in [0, 0.05) is 29.7 Å². The molecule has 0 spiro atoms. The number of aryl methyl sites for hydroxylation is 2. The summed E-state index contributed by atoms with van der Waals surface area (Å²) in [5.41, 5.74) is 3.31. The second-order valence-electron chi connectivity index (χ2n) is 4.88. The lowest BCUT2D eigenvalue weighted by Crippen LogP contribution is -1.99. The highest BCUT2D eigenvalue weighted by atomic mass is 16.5. The molecular weight excluding hydrogens is 256 g/mol. The highest BCUT2D eigenvalue weighted by molar-refractivity contribution is 5.52. The molecule has 0 aliphatic heterocycles. The zero-order chi connectivity index (χ0) is 14.9. The van der Waals surface area contributed by atoms with Gasteiger partial charge in [-0.15, -0.1) is 0 Å². The second kappa shape index (κ2) is 5.33. The van der Waals surface area contributed by atoms with E-state index in [4.69, 9.17) is 4.74 Å². The Bertz CT molecular complexity index is 624. The van der Waals surface area contributed by atoms with E-state index in [9.17, 15) is 15.3 Å². The van der Waals surface area contributed by atoms with Crippen LogP contribution in [0, 0.1) is 13.8 Å². The molecule has 0 aliphatic rings. The highest BCUT2D eigenvalue weighted by Gasteiger charge is 2.14. The maximum atomic E-state index is 9.99. The summed E-state index contributed by atoms with van der Waals surface area (Å²) in [6.07, 6.45) is 0.466. The molecule has 4 nitrogen and oxygen atoms in total. The van der Waals surface area contributed by atoms with E-state index in [-0.39, 0.29) is 17.2 Å². The molecule has 0 bridgehead atoms. The van der Waals surface area contributed by atoms with E-state index in [0.29, 0.717) is 12.2 Å². The molecule has 0 amide bonds. The smallest absolute Gasteiger partial charge is 0.126 e. The monoisotopic (exact) mass is 274 g/mol. The van der Waals surface area contributed by atoms with Gasteiger partial charge >= 0.3 is 0 Å². The van der Waals surface area contributed by atoms with Crippen molar-refractivity contribution in [1.29, 1.82) is 0 Å². The summed E-state index contributed by atoms with van der Waals surface area (Å²) in [7, 11) is 1.54. The van der Waals surface area contributed by atoms with Crippen molar-refractivity contribution in [3.8, 4) is 23.0 Å². The molecule has 0 aliphatic carbocycles. The third-order valence-corrected chi connectivity index (χ3v) is 3.42. The van der Waals surface area contributed by atoms with E-state index in [1.54, 1.807) is 25.3 Å². The van der Waals surface area contributed by atoms with Crippen LogP contribution in [0.15, 0.2) is 24.3 Å². The van der Waals surface area contributed by atoms with Gasteiger partial charge in [-0.25, -0.2) is 0 Å². The van der Waals surface area contributed by atoms with E-state index >= 15 is 0 Å². The molecule has 0 heterocycles. The minimum absolute atomic E-state index is 0.0399. The molecule has 0 saturated carbocycles. The van der Waals surface area contributed by atoms with Crippen LogP contribution in [0.1, 0.15) is 22.3 Å². The zero-order valence-corrected chi connectivity index (χ0v) is 11.8. The molecule has 0 radical (unpaired) electrons. The Kier molecular flexibility index (Phi) is 3.74. The predicted octanol–water partition coefficient (Wildman–Crippen LogP) is 3.02. The Morgan fingerprint density at radius 2 is 1.40 bits per heavy atom. The van der Waals surface area contributed by atoms with Gasteiger partial charge in [0.15, 0.2) is 0 Å². The number of hydrogen-bond acceptors (Lipinski definition) is 4. The summed E-state index contributed by atoms with van der Waals surface area (Å²) in [5, 5.41) is 29.0. The summed E-state index contributed by atoms with van der Waals surface area (Å²) >= 11 is 0. The fourth-order valence-corrected chi connectivity index (χ4v) is 2.36. The first-order valence-electron chi connectivity index (χ1n) is 6.30. The van der Waals surface area contributed by atoms with Crippen molar-refractivity contribution in [2.24, 2.45) is 0 Å². The molecule has 0 saturated heterocycles. The summed E-state index contributed by atoms with van der Waals surface area (Å²) in [6.45, 7) is 3.71. The highest BCUT2D eigenvalue weighted by Crippen LogP contribution is 2.34. The quantitative estimate of drug-likeness (QED) is 0.804. The molecule has 3 N–H and O–H groups in total. The van der Waals surface area contributed by atoms with Gasteiger partial charge in [0.2, 0.25) is 0 Å². The minimum atomic E-state index is 0.0399. The second-order valence-corrected chi connectivity index (χ2v) is 4.88. The van der Waals surface area contributed by atoms with E-state index < -0.39 is 0 Å². The van der Waals surface area contributed by atoms with Gasteiger partial charge in [-0.1, -0.05) is 0 Å². The first-order chi connectivity index (χ1) is 9.42. The van der Waals surface area contributed by atoms with Crippen molar-refractivity contribution >= 4 is 0 Å². The molecule has 4 heteroatoms. The van der Waals surface area contributed by atoms with Gasteiger partial charge in [0.25, 0.3) is 0 Å². The average molecular weight is 274 g/mol. The predicted molar refractivity (Wildman–Crippen MR) is 76.7 cm³/mol. The van der Waals surface area contributed by atoms with Crippen LogP contribution >= 0.6 is 0 Å². The zero-order valence-electron chi connectivity index (χ0n) is 11.8. The number of aromatic hydroxyl groups is 3. The van der Waals surface area contributed by atoms with E-state index in [2.05, 4.69) is 0 Å². The van der Waals surface area contributed by atoms with Crippen LogP contribution in [0.2, 0.25) is 0 Å². The van der Waals surface area contributed by atoms with Crippen molar-refractivity contribution in [3.63, 3.8) is 0 Å². The molecule has 2 aromatic rings. The van der Waals surface area contributed by atoms with Crippen molar-refractivity contribution in [1.82, 2.24) is 0 Å². The Hall–Kier alpha value is -2.36. The van der Waals surface area contributed by atoms with Gasteiger partial charge < -0.3 is 20.1 Å². The molecule has 106 valence electrons. The molecule has 2 rings (SSSR count). The largest absolute Gasteiger partial charge is 0.508 e. The number of hydrogen-bond donors (Lipinski definition) is 3. The topological polar surface area (TPSA) is 69.9 Å². The normalized spacial score (nSPS) is 10.6. The maximum Gasteiger partial charge on any atom is 0.126 e. The first kappa shape index (κ1) is 14.1.